The van der Waals surface area contributed by atoms with Crippen LogP contribution in [0.15, 0.2) is 10.7 Å². The summed E-state index contributed by atoms with van der Waals surface area (Å²) in [5.41, 5.74) is 6.30. The van der Waals surface area contributed by atoms with Gasteiger partial charge in [-0.2, -0.15) is 4.98 Å². The fraction of sp³-hybridized carbons (Fsp3) is 0.727. The summed E-state index contributed by atoms with van der Waals surface area (Å²) in [5.74, 6) is 0.588. The van der Waals surface area contributed by atoms with Crippen LogP contribution in [0, 0.1) is 5.92 Å². The molecular formula is C11H19N3O2. The van der Waals surface area contributed by atoms with Crippen LogP contribution in [-0.4, -0.2) is 31.3 Å². The zero-order chi connectivity index (χ0) is 11.5. The molecule has 2 atom stereocenters. The molecule has 1 fully saturated rings. The van der Waals surface area contributed by atoms with Crippen molar-refractivity contribution in [2.24, 2.45) is 11.7 Å². The molecule has 0 bridgehead atoms. The molecule has 90 valence electrons. The standard InChI is InChI=1S/C11H19N3O2/c1-8-3-4-14(6-10(8)15-2)11-13-9(5-12)7-16-11/h7-8,10H,3-6,12H2,1-2H3. The van der Waals surface area contributed by atoms with Gasteiger partial charge in [0.05, 0.1) is 11.8 Å². The Bertz CT molecular complexity index is 340. The van der Waals surface area contributed by atoms with Gasteiger partial charge in [-0.3, -0.25) is 0 Å². The number of nitrogens with zero attached hydrogens (tertiary/aromatic N) is 2. The number of hydrogen-bond acceptors (Lipinski definition) is 5. The second-order valence-corrected chi connectivity index (χ2v) is 4.31. The van der Waals surface area contributed by atoms with Crippen molar-refractivity contribution >= 4 is 6.01 Å². The lowest BCUT2D eigenvalue weighted by Crippen LogP contribution is -2.44. The maximum absolute atomic E-state index is 5.50. The van der Waals surface area contributed by atoms with Crippen molar-refractivity contribution in [2.45, 2.75) is 26.0 Å². The van der Waals surface area contributed by atoms with E-state index in [9.17, 15) is 0 Å². The molecule has 0 aromatic carbocycles. The summed E-state index contributed by atoms with van der Waals surface area (Å²) in [6.45, 7) is 4.43. The predicted molar refractivity (Wildman–Crippen MR) is 61.2 cm³/mol. The molecule has 1 aliphatic heterocycles. The fourth-order valence-corrected chi connectivity index (χ4v) is 2.05. The number of anilines is 1. The first-order valence-electron chi connectivity index (χ1n) is 5.66. The first-order chi connectivity index (χ1) is 7.74. The van der Waals surface area contributed by atoms with Crippen LogP contribution in [0.5, 0.6) is 0 Å². The minimum atomic E-state index is 0.252. The van der Waals surface area contributed by atoms with E-state index in [2.05, 4.69) is 16.8 Å². The fourth-order valence-electron chi connectivity index (χ4n) is 2.05. The highest BCUT2D eigenvalue weighted by Crippen LogP contribution is 2.24. The topological polar surface area (TPSA) is 64.5 Å². The van der Waals surface area contributed by atoms with E-state index in [1.807, 2.05) is 0 Å². The normalized spacial score (nSPS) is 26.1. The third-order valence-corrected chi connectivity index (χ3v) is 3.21. The van der Waals surface area contributed by atoms with Gasteiger partial charge >= 0.3 is 0 Å². The van der Waals surface area contributed by atoms with Crippen LogP contribution in [0.3, 0.4) is 0 Å². The highest BCUT2D eigenvalue weighted by molar-refractivity contribution is 5.28. The average Bonchev–Trinajstić information content (AvgIpc) is 2.78. The Morgan fingerprint density at radius 1 is 1.69 bits per heavy atom. The molecule has 0 radical (unpaired) electrons. The molecule has 0 amide bonds. The number of aromatic nitrogens is 1. The number of oxazole rings is 1. The molecule has 0 saturated carbocycles. The lowest BCUT2D eigenvalue weighted by Gasteiger charge is -2.35. The summed E-state index contributed by atoms with van der Waals surface area (Å²) in [6, 6.07) is 0.661. The van der Waals surface area contributed by atoms with Crippen LogP contribution in [0.1, 0.15) is 19.0 Å². The molecule has 0 spiro atoms. The van der Waals surface area contributed by atoms with Crippen LogP contribution in [-0.2, 0) is 11.3 Å². The molecule has 0 aliphatic carbocycles. The summed E-state index contributed by atoms with van der Waals surface area (Å²) >= 11 is 0. The van der Waals surface area contributed by atoms with Crippen LogP contribution in [0.25, 0.3) is 0 Å². The van der Waals surface area contributed by atoms with Gasteiger partial charge in [0, 0.05) is 26.7 Å². The molecule has 2 heterocycles. The van der Waals surface area contributed by atoms with E-state index in [4.69, 9.17) is 14.9 Å². The van der Waals surface area contributed by atoms with Crippen molar-refractivity contribution in [3.8, 4) is 0 Å². The minimum Gasteiger partial charge on any atom is -0.432 e. The van der Waals surface area contributed by atoms with Crippen molar-refractivity contribution < 1.29 is 9.15 Å². The summed E-state index contributed by atoms with van der Waals surface area (Å²) < 4.78 is 10.9. The Hall–Kier alpha value is -1.07. The van der Waals surface area contributed by atoms with Crippen molar-refractivity contribution in [3.05, 3.63) is 12.0 Å². The second-order valence-electron chi connectivity index (χ2n) is 4.31. The molecule has 1 aliphatic rings. The Kier molecular flexibility index (Phi) is 3.46. The first-order valence-corrected chi connectivity index (χ1v) is 5.66. The molecule has 5 heteroatoms. The van der Waals surface area contributed by atoms with Gasteiger partial charge in [-0.15, -0.1) is 0 Å². The van der Waals surface area contributed by atoms with E-state index < -0.39 is 0 Å². The SMILES string of the molecule is COC1CN(c2nc(CN)co2)CCC1C. The van der Waals surface area contributed by atoms with Crippen LogP contribution < -0.4 is 10.6 Å². The Morgan fingerprint density at radius 2 is 2.50 bits per heavy atom. The van der Waals surface area contributed by atoms with Crippen LogP contribution >= 0.6 is 0 Å². The Labute approximate surface area is 95.6 Å². The Balaban J connectivity index is 2.05. The quantitative estimate of drug-likeness (QED) is 0.831. The molecule has 1 saturated heterocycles. The number of piperidine rings is 1. The number of methoxy groups -OCH3 is 1. The van der Waals surface area contributed by atoms with Crippen molar-refractivity contribution in [1.82, 2.24) is 4.98 Å². The zero-order valence-electron chi connectivity index (χ0n) is 9.85. The van der Waals surface area contributed by atoms with E-state index in [0.29, 0.717) is 18.5 Å². The van der Waals surface area contributed by atoms with E-state index in [1.165, 1.54) is 0 Å². The lowest BCUT2D eigenvalue weighted by molar-refractivity contribution is 0.0486. The number of hydrogen-bond donors (Lipinski definition) is 1. The first kappa shape index (κ1) is 11.4. The molecule has 2 unspecified atom stereocenters. The van der Waals surface area contributed by atoms with Gasteiger partial charge in [-0.25, -0.2) is 0 Å². The maximum Gasteiger partial charge on any atom is 0.297 e. The molecule has 2 N–H and O–H groups in total. The van der Waals surface area contributed by atoms with Gasteiger partial charge in [0.25, 0.3) is 6.01 Å². The Morgan fingerprint density at radius 3 is 3.12 bits per heavy atom. The minimum absolute atomic E-state index is 0.252. The summed E-state index contributed by atoms with van der Waals surface area (Å²) in [5, 5.41) is 0. The smallest absolute Gasteiger partial charge is 0.297 e. The summed E-state index contributed by atoms with van der Waals surface area (Å²) in [7, 11) is 1.76. The zero-order valence-corrected chi connectivity index (χ0v) is 9.85. The highest BCUT2D eigenvalue weighted by Gasteiger charge is 2.28. The third kappa shape index (κ3) is 2.20. The van der Waals surface area contributed by atoms with Gasteiger partial charge in [0.2, 0.25) is 0 Å². The summed E-state index contributed by atoms with van der Waals surface area (Å²) in [4.78, 5) is 6.44. The van der Waals surface area contributed by atoms with E-state index >= 15 is 0 Å². The monoisotopic (exact) mass is 225 g/mol. The van der Waals surface area contributed by atoms with Crippen molar-refractivity contribution in [1.29, 1.82) is 0 Å². The van der Waals surface area contributed by atoms with Crippen molar-refractivity contribution in [3.63, 3.8) is 0 Å². The summed E-state index contributed by atoms with van der Waals surface area (Å²) in [6.07, 6.45) is 2.97. The molecule has 1 aromatic heterocycles. The van der Waals surface area contributed by atoms with Crippen LogP contribution in [0.4, 0.5) is 6.01 Å². The van der Waals surface area contributed by atoms with Gasteiger partial charge in [-0.05, 0) is 12.3 Å². The van der Waals surface area contributed by atoms with E-state index in [0.717, 1.165) is 25.2 Å². The van der Waals surface area contributed by atoms with Gasteiger partial charge in [0.15, 0.2) is 0 Å². The van der Waals surface area contributed by atoms with Gasteiger partial charge in [0.1, 0.15) is 6.26 Å². The predicted octanol–water partition coefficient (Wildman–Crippen LogP) is 0.994. The van der Waals surface area contributed by atoms with Gasteiger partial charge in [-0.1, -0.05) is 6.92 Å². The van der Waals surface area contributed by atoms with Crippen LogP contribution in [0.2, 0.25) is 0 Å². The molecular weight excluding hydrogens is 206 g/mol. The molecule has 2 rings (SSSR count). The largest absolute Gasteiger partial charge is 0.432 e. The number of ether oxygens (including phenoxy) is 1. The number of nitrogens with two attached hydrogens (primary N) is 1. The van der Waals surface area contributed by atoms with E-state index in [1.54, 1.807) is 13.4 Å². The average molecular weight is 225 g/mol. The molecule has 5 nitrogen and oxygen atoms in total. The maximum atomic E-state index is 5.50. The van der Waals surface area contributed by atoms with Crippen molar-refractivity contribution in [2.75, 3.05) is 25.1 Å². The molecule has 1 aromatic rings. The second kappa shape index (κ2) is 4.84. The lowest BCUT2D eigenvalue weighted by atomic mass is 9.96. The van der Waals surface area contributed by atoms with Gasteiger partial charge < -0.3 is 19.8 Å². The van der Waals surface area contributed by atoms with E-state index in [-0.39, 0.29) is 6.10 Å². The third-order valence-electron chi connectivity index (χ3n) is 3.21. The molecule has 16 heavy (non-hydrogen) atoms. The highest BCUT2D eigenvalue weighted by atomic mass is 16.5. The number of rotatable bonds is 3.